The fraction of sp³-hybridized carbons (Fsp3) is 0.278. The van der Waals surface area contributed by atoms with Gasteiger partial charge in [0.05, 0.1) is 11.7 Å². The molecule has 1 fully saturated rings. The first kappa shape index (κ1) is 14.7. The third kappa shape index (κ3) is 2.88. The molecule has 2 aromatic carbocycles. The van der Waals surface area contributed by atoms with Crippen molar-refractivity contribution < 1.29 is 9.18 Å². The van der Waals surface area contributed by atoms with Crippen LogP contribution in [0.1, 0.15) is 12.5 Å². The van der Waals surface area contributed by atoms with E-state index in [2.05, 4.69) is 17.0 Å². The molecule has 1 heterocycles. The Kier molecular flexibility index (Phi) is 4.20. The zero-order valence-electron chi connectivity index (χ0n) is 12.6. The molecule has 2 aromatic rings. The molecule has 1 amide bonds. The number of rotatable bonds is 3. The van der Waals surface area contributed by atoms with E-state index >= 15 is 0 Å². The van der Waals surface area contributed by atoms with Gasteiger partial charge in [-0.3, -0.25) is 9.69 Å². The lowest BCUT2D eigenvalue weighted by molar-refractivity contribution is -0.125. The number of carbonyl (C=O) groups excluding carboxylic acids is 1. The Labute approximate surface area is 130 Å². The lowest BCUT2D eigenvalue weighted by atomic mass is 10.1. The third-order valence-corrected chi connectivity index (χ3v) is 4.15. The van der Waals surface area contributed by atoms with E-state index in [-0.39, 0.29) is 17.8 Å². The highest BCUT2D eigenvalue weighted by atomic mass is 19.1. The first-order valence-electron chi connectivity index (χ1n) is 7.50. The van der Waals surface area contributed by atoms with Gasteiger partial charge in [0.1, 0.15) is 5.82 Å². The molecule has 0 aromatic heterocycles. The molecular weight excluding hydrogens is 279 g/mol. The van der Waals surface area contributed by atoms with Crippen LogP contribution >= 0.6 is 0 Å². The number of carbonyl (C=O) groups is 1. The predicted molar refractivity (Wildman–Crippen MR) is 85.1 cm³/mol. The summed E-state index contributed by atoms with van der Waals surface area (Å²) in [5.74, 6) is -0.396. The minimum absolute atomic E-state index is 0.0488. The van der Waals surface area contributed by atoms with Gasteiger partial charge < -0.3 is 4.90 Å². The molecule has 114 valence electrons. The first-order valence-corrected chi connectivity index (χ1v) is 7.50. The number of amides is 1. The lowest BCUT2D eigenvalue weighted by Gasteiger charge is -2.39. The van der Waals surface area contributed by atoms with Crippen molar-refractivity contribution in [3.63, 3.8) is 0 Å². The summed E-state index contributed by atoms with van der Waals surface area (Å²) in [6.07, 6.45) is 0. The van der Waals surface area contributed by atoms with Gasteiger partial charge in [0.15, 0.2) is 0 Å². The van der Waals surface area contributed by atoms with Crippen LogP contribution in [0.3, 0.4) is 0 Å². The van der Waals surface area contributed by atoms with Gasteiger partial charge >= 0.3 is 0 Å². The molecule has 0 bridgehead atoms. The van der Waals surface area contributed by atoms with Crippen LogP contribution in [-0.2, 0) is 11.3 Å². The molecule has 0 spiro atoms. The van der Waals surface area contributed by atoms with Crippen molar-refractivity contribution in [2.75, 3.05) is 18.0 Å². The molecule has 1 aliphatic rings. The molecule has 0 saturated carbocycles. The summed E-state index contributed by atoms with van der Waals surface area (Å²) in [5, 5.41) is 0. The Balaban J connectivity index is 1.75. The number of para-hydroxylation sites is 1. The minimum atomic E-state index is -0.348. The van der Waals surface area contributed by atoms with Crippen molar-refractivity contribution in [3.8, 4) is 0 Å². The van der Waals surface area contributed by atoms with Crippen molar-refractivity contribution in [2.45, 2.75) is 19.5 Å². The Morgan fingerprint density at radius 3 is 2.45 bits per heavy atom. The molecule has 1 aliphatic heterocycles. The van der Waals surface area contributed by atoms with E-state index in [1.807, 2.05) is 25.1 Å². The minimum Gasteiger partial charge on any atom is -0.307 e. The summed E-state index contributed by atoms with van der Waals surface area (Å²) < 4.78 is 13.9. The molecular formula is C18H19FN2O. The first-order chi connectivity index (χ1) is 10.7. The maximum Gasteiger partial charge on any atom is 0.244 e. The molecule has 22 heavy (non-hydrogen) atoms. The average Bonchev–Trinajstić information content (AvgIpc) is 2.54. The van der Waals surface area contributed by atoms with Gasteiger partial charge in [-0.05, 0) is 24.6 Å². The normalized spacial score (nSPS) is 19.5. The van der Waals surface area contributed by atoms with Crippen LogP contribution in [-0.4, -0.2) is 29.9 Å². The number of nitrogens with zero attached hydrogens (tertiary/aromatic N) is 2. The van der Waals surface area contributed by atoms with Gasteiger partial charge in [0.25, 0.3) is 0 Å². The van der Waals surface area contributed by atoms with E-state index in [0.29, 0.717) is 12.2 Å². The van der Waals surface area contributed by atoms with Crippen molar-refractivity contribution in [2.24, 2.45) is 0 Å². The van der Waals surface area contributed by atoms with Crippen molar-refractivity contribution in [3.05, 3.63) is 66.0 Å². The molecule has 4 heteroatoms. The second kappa shape index (κ2) is 6.28. The van der Waals surface area contributed by atoms with Crippen LogP contribution in [0.4, 0.5) is 10.1 Å². The highest BCUT2D eigenvalue weighted by Gasteiger charge is 2.33. The number of benzene rings is 2. The largest absolute Gasteiger partial charge is 0.307 e. The predicted octanol–water partition coefficient (Wildman–Crippen LogP) is 3.06. The molecule has 3 rings (SSSR count). The van der Waals surface area contributed by atoms with Crippen LogP contribution in [0.2, 0.25) is 0 Å². The van der Waals surface area contributed by atoms with E-state index in [9.17, 15) is 9.18 Å². The number of hydrogen-bond acceptors (Lipinski definition) is 2. The summed E-state index contributed by atoms with van der Waals surface area (Å²) >= 11 is 0. The monoisotopic (exact) mass is 298 g/mol. The van der Waals surface area contributed by atoms with Crippen LogP contribution in [0.5, 0.6) is 0 Å². The Bertz CT molecular complexity index is 659. The number of hydrogen-bond donors (Lipinski definition) is 0. The molecule has 0 N–H and O–H groups in total. The Morgan fingerprint density at radius 2 is 1.73 bits per heavy atom. The number of anilines is 1. The third-order valence-electron chi connectivity index (χ3n) is 4.15. The highest BCUT2D eigenvalue weighted by Crippen LogP contribution is 2.24. The summed E-state index contributed by atoms with van der Waals surface area (Å²) in [6, 6.07) is 16.3. The zero-order valence-corrected chi connectivity index (χ0v) is 12.6. The maximum absolute atomic E-state index is 13.9. The average molecular weight is 298 g/mol. The van der Waals surface area contributed by atoms with Crippen molar-refractivity contribution in [1.29, 1.82) is 0 Å². The molecule has 0 unspecified atom stereocenters. The smallest absolute Gasteiger partial charge is 0.244 e. The van der Waals surface area contributed by atoms with E-state index in [4.69, 9.17) is 0 Å². The van der Waals surface area contributed by atoms with Crippen LogP contribution in [0.15, 0.2) is 54.6 Å². The summed E-state index contributed by atoms with van der Waals surface area (Å²) in [5.41, 5.74) is 1.56. The van der Waals surface area contributed by atoms with Gasteiger partial charge in [-0.15, -0.1) is 0 Å². The lowest BCUT2D eigenvalue weighted by Crippen LogP contribution is -2.55. The molecule has 1 atom stereocenters. The van der Waals surface area contributed by atoms with E-state index in [0.717, 1.165) is 13.1 Å². The quantitative estimate of drug-likeness (QED) is 0.869. The standard InChI is InChI=1S/C18H19FN2O/c1-14-18(22)21(17-10-6-5-9-16(17)19)12-11-20(14)13-15-7-3-2-4-8-15/h2-10,14H,11-13H2,1H3/t14-/m0/s1. The fourth-order valence-corrected chi connectivity index (χ4v) is 2.86. The summed E-state index contributed by atoms with van der Waals surface area (Å²) in [7, 11) is 0. The van der Waals surface area contributed by atoms with Crippen LogP contribution < -0.4 is 4.90 Å². The maximum atomic E-state index is 13.9. The number of halogens is 1. The topological polar surface area (TPSA) is 23.6 Å². The van der Waals surface area contributed by atoms with E-state index < -0.39 is 0 Å². The van der Waals surface area contributed by atoms with Crippen molar-refractivity contribution in [1.82, 2.24) is 4.90 Å². The molecule has 0 radical (unpaired) electrons. The summed E-state index contributed by atoms with van der Waals surface area (Å²) in [4.78, 5) is 16.3. The molecule has 0 aliphatic carbocycles. The van der Waals surface area contributed by atoms with Crippen LogP contribution in [0, 0.1) is 5.82 Å². The zero-order chi connectivity index (χ0) is 15.5. The fourth-order valence-electron chi connectivity index (χ4n) is 2.86. The van der Waals surface area contributed by atoms with Gasteiger partial charge in [0, 0.05) is 19.6 Å². The van der Waals surface area contributed by atoms with E-state index in [1.54, 1.807) is 23.1 Å². The Morgan fingerprint density at radius 1 is 1.05 bits per heavy atom. The Hall–Kier alpha value is -2.20. The van der Waals surface area contributed by atoms with Gasteiger partial charge in [-0.1, -0.05) is 42.5 Å². The second-order valence-electron chi connectivity index (χ2n) is 5.57. The van der Waals surface area contributed by atoms with Crippen molar-refractivity contribution >= 4 is 11.6 Å². The second-order valence-corrected chi connectivity index (χ2v) is 5.57. The SMILES string of the molecule is C[C@H]1C(=O)N(c2ccccc2F)CCN1Cc1ccccc1. The van der Waals surface area contributed by atoms with E-state index in [1.165, 1.54) is 11.6 Å². The molecule has 1 saturated heterocycles. The molecule has 3 nitrogen and oxygen atoms in total. The van der Waals surface area contributed by atoms with Crippen LogP contribution in [0.25, 0.3) is 0 Å². The van der Waals surface area contributed by atoms with Gasteiger partial charge in [-0.25, -0.2) is 4.39 Å². The van der Waals surface area contributed by atoms with Gasteiger partial charge in [0.2, 0.25) is 5.91 Å². The van der Waals surface area contributed by atoms with Gasteiger partial charge in [-0.2, -0.15) is 0 Å². The highest BCUT2D eigenvalue weighted by molar-refractivity contribution is 5.97. The summed E-state index contributed by atoms with van der Waals surface area (Å²) in [6.45, 7) is 3.87. The number of piperazine rings is 1.